The molecule has 0 aromatic heterocycles. The predicted octanol–water partition coefficient (Wildman–Crippen LogP) is 2.87. The number of amides is 2. The molecule has 30 heavy (non-hydrogen) atoms. The third kappa shape index (κ3) is 4.43. The molecule has 1 aliphatic heterocycles. The SMILES string of the molecule is COc1c(Cl)cc(F)cc1C=C1CNC(=O)CN(S(=O)(=O)c2ccc(Cl)cc2)C1=O. The van der Waals surface area contributed by atoms with E-state index in [-0.39, 0.29) is 33.3 Å². The van der Waals surface area contributed by atoms with Crippen molar-refractivity contribution in [2.75, 3.05) is 20.2 Å². The molecule has 1 saturated heterocycles. The molecule has 0 saturated carbocycles. The average Bonchev–Trinajstić information content (AvgIpc) is 2.82. The summed E-state index contributed by atoms with van der Waals surface area (Å²) in [7, 11) is -3.03. The van der Waals surface area contributed by atoms with Crippen LogP contribution in [0.2, 0.25) is 10.0 Å². The van der Waals surface area contributed by atoms with Crippen LogP contribution >= 0.6 is 23.2 Å². The predicted molar refractivity (Wildman–Crippen MR) is 109 cm³/mol. The first kappa shape index (κ1) is 22.1. The van der Waals surface area contributed by atoms with Crippen LogP contribution in [0.3, 0.4) is 0 Å². The maximum Gasteiger partial charge on any atom is 0.267 e. The fourth-order valence-corrected chi connectivity index (χ4v) is 4.59. The van der Waals surface area contributed by atoms with Crippen molar-refractivity contribution in [1.29, 1.82) is 0 Å². The largest absolute Gasteiger partial charge is 0.495 e. The minimum atomic E-state index is -4.35. The first-order valence-corrected chi connectivity index (χ1v) is 10.7. The van der Waals surface area contributed by atoms with Gasteiger partial charge in [-0.15, -0.1) is 0 Å². The van der Waals surface area contributed by atoms with Gasteiger partial charge in [0.25, 0.3) is 15.9 Å². The van der Waals surface area contributed by atoms with Gasteiger partial charge in [-0.25, -0.2) is 17.1 Å². The molecule has 0 aliphatic carbocycles. The summed E-state index contributed by atoms with van der Waals surface area (Å²) in [5, 5.41) is 2.73. The van der Waals surface area contributed by atoms with Gasteiger partial charge in [0.2, 0.25) is 5.91 Å². The second-order valence-corrected chi connectivity index (χ2v) is 8.93. The van der Waals surface area contributed by atoms with Crippen molar-refractivity contribution in [2.45, 2.75) is 4.90 Å². The standard InChI is InChI=1S/C19H15Cl2FN2O5S/c1-29-18-11(7-14(22)8-16(18)21)6-12-9-23-17(25)10-24(19(12)26)30(27,28)15-4-2-13(20)3-5-15/h2-8H,9-10H2,1H3,(H,23,25). The van der Waals surface area contributed by atoms with Gasteiger partial charge in [-0.1, -0.05) is 23.2 Å². The number of methoxy groups -OCH3 is 1. The van der Waals surface area contributed by atoms with Crippen LogP contribution in [0.1, 0.15) is 5.56 Å². The zero-order chi connectivity index (χ0) is 22.1. The maximum absolute atomic E-state index is 13.8. The van der Waals surface area contributed by atoms with Crippen molar-refractivity contribution in [3.8, 4) is 5.75 Å². The molecule has 2 aromatic carbocycles. The smallest absolute Gasteiger partial charge is 0.267 e. The summed E-state index contributed by atoms with van der Waals surface area (Å²) in [4.78, 5) is 24.9. The first-order chi connectivity index (χ1) is 14.1. The molecule has 158 valence electrons. The highest BCUT2D eigenvalue weighted by molar-refractivity contribution is 7.89. The number of carbonyl (C=O) groups excluding carboxylic acids is 2. The number of nitrogens with zero attached hydrogens (tertiary/aromatic N) is 1. The van der Waals surface area contributed by atoms with Gasteiger partial charge in [0.05, 0.1) is 17.0 Å². The number of halogens is 3. The van der Waals surface area contributed by atoms with E-state index < -0.39 is 34.2 Å². The number of ether oxygens (including phenoxy) is 1. The lowest BCUT2D eigenvalue weighted by Gasteiger charge is -2.20. The Bertz CT molecular complexity index is 1150. The number of carbonyl (C=O) groups is 2. The minimum Gasteiger partial charge on any atom is -0.495 e. The topological polar surface area (TPSA) is 92.8 Å². The Morgan fingerprint density at radius 1 is 1.17 bits per heavy atom. The van der Waals surface area contributed by atoms with E-state index in [4.69, 9.17) is 27.9 Å². The molecule has 1 heterocycles. The minimum absolute atomic E-state index is 0.0277. The Kier molecular flexibility index (Phi) is 6.35. The van der Waals surface area contributed by atoms with Crippen LogP contribution < -0.4 is 10.1 Å². The molecule has 2 amide bonds. The number of benzene rings is 2. The average molecular weight is 473 g/mol. The van der Waals surface area contributed by atoms with Crippen molar-refractivity contribution in [3.63, 3.8) is 0 Å². The lowest BCUT2D eigenvalue weighted by atomic mass is 10.1. The van der Waals surface area contributed by atoms with E-state index in [1.54, 1.807) is 0 Å². The quantitative estimate of drug-likeness (QED) is 0.690. The lowest BCUT2D eigenvalue weighted by molar-refractivity contribution is -0.127. The van der Waals surface area contributed by atoms with Crippen molar-refractivity contribution < 1.29 is 27.1 Å². The van der Waals surface area contributed by atoms with Gasteiger partial charge < -0.3 is 10.1 Å². The highest BCUT2D eigenvalue weighted by atomic mass is 35.5. The van der Waals surface area contributed by atoms with Crippen LogP contribution in [-0.4, -0.2) is 44.7 Å². The summed E-state index contributed by atoms with van der Waals surface area (Å²) < 4.78 is 45.4. The molecule has 2 aromatic rings. The maximum atomic E-state index is 13.8. The number of rotatable bonds is 4. The van der Waals surface area contributed by atoms with Gasteiger partial charge in [0, 0.05) is 22.7 Å². The fraction of sp³-hybridized carbons (Fsp3) is 0.158. The Hall–Kier alpha value is -2.62. The van der Waals surface area contributed by atoms with E-state index in [0.29, 0.717) is 9.33 Å². The normalized spacial score (nSPS) is 16.4. The van der Waals surface area contributed by atoms with Crippen LogP contribution in [0, 0.1) is 5.82 Å². The van der Waals surface area contributed by atoms with Crippen molar-refractivity contribution >= 4 is 51.1 Å². The van der Waals surface area contributed by atoms with E-state index >= 15 is 0 Å². The molecule has 1 N–H and O–H groups in total. The van der Waals surface area contributed by atoms with Gasteiger partial charge in [-0.2, -0.15) is 0 Å². The molecule has 0 bridgehead atoms. The summed E-state index contributed by atoms with van der Waals surface area (Å²) >= 11 is 11.8. The summed E-state index contributed by atoms with van der Waals surface area (Å²) in [6, 6.07) is 7.28. The molecular weight excluding hydrogens is 458 g/mol. The van der Waals surface area contributed by atoms with E-state index in [1.165, 1.54) is 37.5 Å². The first-order valence-electron chi connectivity index (χ1n) is 8.46. The molecule has 1 fully saturated rings. The van der Waals surface area contributed by atoms with Gasteiger partial charge >= 0.3 is 0 Å². The molecular formula is C19H15Cl2FN2O5S. The van der Waals surface area contributed by atoms with Gasteiger partial charge in [-0.3, -0.25) is 9.59 Å². The second-order valence-electron chi connectivity index (χ2n) is 6.23. The summed E-state index contributed by atoms with van der Waals surface area (Å²) in [6.45, 7) is -0.968. The van der Waals surface area contributed by atoms with Crippen molar-refractivity contribution in [1.82, 2.24) is 9.62 Å². The van der Waals surface area contributed by atoms with Crippen LogP contribution in [-0.2, 0) is 19.6 Å². The molecule has 11 heteroatoms. The molecule has 3 rings (SSSR count). The monoisotopic (exact) mass is 472 g/mol. The van der Waals surface area contributed by atoms with Crippen LogP contribution in [0.25, 0.3) is 6.08 Å². The van der Waals surface area contributed by atoms with E-state index in [0.717, 1.165) is 12.1 Å². The van der Waals surface area contributed by atoms with E-state index in [2.05, 4.69) is 5.32 Å². The Balaban J connectivity index is 2.09. The Labute approximate surface area is 182 Å². The van der Waals surface area contributed by atoms with Gasteiger partial charge in [0.1, 0.15) is 18.1 Å². The number of hydrogen-bond donors (Lipinski definition) is 1. The Morgan fingerprint density at radius 2 is 1.83 bits per heavy atom. The molecule has 0 radical (unpaired) electrons. The highest BCUT2D eigenvalue weighted by Gasteiger charge is 2.35. The van der Waals surface area contributed by atoms with Gasteiger partial charge in [-0.05, 0) is 42.5 Å². The number of hydrogen-bond acceptors (Lipinski definition) is 5. The van der Waals surface area contributed by atoms with Crippen molar-refractivity contribution in [2.24, 2.45) is 0 Å². The lowest BCUT2D eigenvalue weighted by Crippen LogP contribution is -2.40. The van der Waals surface area contributed by atoms with Crippen LogP contribution in [0.4, 0.5) is 4.39 Å². The summed E-state index contributed by atoms with van der Waals surface area (Å²) in [6.07, 6.45) is 1.23. The van der Waals surface area contributed by atoms with Gasteiger partial charge in [0.15, 0.2) is 0 Å². The molecule has 1 aliphatic rings. The molecule has 7 nitrogen and oxygen atoms in total. The van der Waals surface area contributed by atoms with E-state index in [1.807, 2.05) is 0 Å². The van der Waals surface area contributed by atoms with Crippen LogP contribution in [0.5, 0.6) is 5.75 Å². The summed E-state index contributed by atoms with van der Waals surface area (Å²) in [5.74, 6) is -2.19. The fourth-order valence-electron chi connectivity index (χ4n) is 2.82. The third-order valence-electron chi connectivity index (χ3n) is 4.24. The molecule has 0 atom stereocenters. The van der Waals surface area contributed by atoms with Crippen LogP contribution in [0.15, 0.2) is 46.9 Å². The second kappa shape index (κ2) is 8.63. The molecule has 0 spiro atoms. The zero-order valence-corrected chi connectivity index (χ0v) is 17.8. The third-order valence-corrected chi connectivity index (χ3v) is 6.51. The number of sulfonamides is 1. The Morgan fingerprint density at radius 3 is 2.47 bits per heavy atom. The molecule has 0 unspecified atom stereocenters. The summed E-state index contributed by atoms with van der Waals surface area (Å²) in [5.41, 5.74) is 0.0178. The van der Waals surface area contributed by atoms with E-state index in [9.17, 15) is 22.4 Å². The van der Waals surface area contributed by atoms with Crippen molar-refractivity contribution in [3.05, 3.63) is 63.4 Å². The number of nitrogens with one attached hydrogen (secondary N) is 1. The zero-order valence-electron chi connectivity index (χ0n) is 15.5. The highest BCUT2D eigenvalue weighted by Crippen LogP contribution is 2.32.